The van der Waals surface area contributed by atoms with Crippen LogP contribution in [0.5, 0.6) is 0 Å². The molecule has 0 aliphatic rings. The third-order valence-corrected chi connectivity index (χ3v) is 3.20. The Morgan fingerprint density at radius 3 is 2.38 bits per heavy atom. The van der Waals surface area contributed by atoms with Crippen molar-refractivity contribution < 1.29 is 40.6 Å². The van der Waals surface area contributed by atoms with Gasteiger partial charge in [-0.05, 0) is 25.0 Å². The maximum atomic E-state index is 10.3. The van der Waals surface area contributed by atoms with Crippen LogP contribution in [0, 0.1) is 5.92 Å². The summed E-state index contributed by atoms with van der Waals surface area (Å²) in [6.45, 7) is 4.36. The van der Waals surface area contributed by atoms with Gasteiger partial charge in [-0.25, -0.2) is 0 Å². The molecule has 0 aromatic carbocycles. The second kappa shape index (κ2) is 13.5. The van der Waals surface area contributed by atoms with Gasteiger partial charge in [0.05, 0.1) is 5.92 Å². The van der Waals surface area contributed by atoms with E-state index in [-0.39, 0.29) is 31.0 Å². The number of rotatable bonds is 9. The fourth-order valence-corrected chi connectivity index (χ4v) is 2.03. The number of thioether (sulfide) groups is 1. The van der Waals surface area contributed by atoms with Crippen LogP contribution in [0.3, 0.4) is 0 Å². The fourth-order valence-electron chi connectivity index (χ4n) is 1.22. The largest absolute Gasteiger partial charge is 1.00 e. The summed E-state index contributed by atoms with van der Waals surface area (Å²) in [5, 5.41) is 0.652. The van der Waals surface area contributed by atoms with Crippen molar-refractivity contribution in [3.63, 3.8) is 0 Å². The van der Waals surface area contributed by atoms with E-state index in [1.807, 2.05) is 11.8 Å². The summed E-state index contributed by atoms with van der Waals surface area (Å²) in [7, 11) is 0. The first kappa shape index (κ1) is 18.8. The van der Waals surface area contributed by atoms with Gasteiger partial charge in [0.1, 0.15) is 12.6 Å². The molecule has 16 heavy (non-hydrogen) atoms. The van der Waals surface area contributed by atoms with Crippen LogP contribution in [0.4, 0.5) is 0 Å². The Morgan fingerprint density at radius 1 is 1.25 bits per heavy atom. The van der Waals surface area contributed by atoms with Gasteiger partial charge in [0.2, 0.25) is 0 Å². The van der Waals surface area contributed by atoms with E-state index in [0.29, 0.717) is 11.7 Å². The summed E-state index contributed by atoms with van der Waals surface area (Å²) in [5.41, 5.74) is 0. The quantitative estimate of drug-likeness (QED) is 0.250. The summed E-state index contributed by atoms with van der Waals surface area (Å²) in [4.78, 5) is 20.7. The minimum absolute atomic E-state index is 0. The molecule has 0 amide bonds. The second-order valence-electron chi connectivity index (χ2n) is 3.49. The average Bonchev–Trinajstić information content (AvgIpc) is 2.24. The number of allylic oxidation sites excluding steroid dienone is 2. The van der Waals surface area contributed by atoms with Gasteiger partial charge < -0.3 is 11.0 Å². The van der Waals surface area contributed by atoms with Crippen molar-refractivity contribution in [1.29, 1.82) is 0 Å². The van der Waals surface area contributed by atoms with E-state index in [0.717, 1.165) is 31.2 Å². The number of hydrogen-bond acceptors (Lipinski definition) is 3. The third-order valence-electron chi connectivity index (χ3n) is 2.10. The van der Waals surface area contributed by atoms with Gasteiger partial charge in [0, 0.05) is 5.25 Å². The fraction of sp³-hybridized carbons (Fsp3) is 0.667. The summed E-state index contributed by atoms with van der Waals surface area (Å²) in [6.07, 6.45) is 8.15. The van der Waals surface area contributed by atoms with Crippen molar-refractivity contribution in [1.82, 2.24) is 0 Å². The zero-order valence-corrected chi connectivity index (χ0v) is 13.3. The molecule has 0 fully saturated rings. The van der Waals surface area contributed by atoms with E-state index in [1.165, 1.54) is 0 Å². The Bertz CT molecular complexity index is 205. The zero-order chi connectivity index (χ0) is 11.5. The molecule has 0 spiro atoms. The summed E-state index contributed by atoms with van der Waals surface area (Å²) >= 11 is 1.94. The molecule has 0 aromatic heterocycles. The zero-order valence-electron chi connectivity index (χ0n) is 11.5. The Morgan fingerprint density at radius 2 is 1.88 bits per heavy atom. The van der Waals surface area contributed by atoms with Gasteiger partial charge in [0.15, 0.2) is 0 Å². The van der Waals surface area contributed by atoms with Gasteiger partial charge in [-0.1, -0.05) is 26.0 Å². The van der Waals surface area contributed by atoms with Crippen LogP contribution in [0.15, 0.2) is 12.2 Å². The summed E-state index contributed by atoms with van der Waals surface area (Å²) in [5.74, 6) is 0.727. The van der Waals surface area contributed by atoms with E-state index in [1.54, 1.807) is 0 Å². The van der Waals surface area contributed by atoms with Crippen LogP contribution in [-0.2, 0) is 9.59 Å². The molecule has 1 atom stereocenters. The van der Waals surface area contributed by atoms with Gasteiger partial charge in [0.25, 0.3) is 0 Å². The van der Waals surface area contributed by atoms with Crippen molar-refractivity contribution in [2.24, 2.45) is 5.92 Å². The monoisotopic (exact) mass is 252 g/mol. The maximum absolute atomic E-state index is 10.3. The van der Waals surface area contributed by atoms with Crippen molar-refractivity contribution >= 4 is 24.3 Å². The summed E-state index contributed by atoms with van der Waals surface area (Å²) in [6, 6.07) is 0. The van der Waals surface area contributed by atoms with Gasteiger partial charge >= 0.3 is 29.6 Å². The molecular formula is C12H21NaO2S. The molecule has 0 bridgehead atoms. The molecular weight excluding hydrogens is 231 g/mol. The van der Waals surface area contributed by atoms with Crippen LogP contribution in [0.2, 0.25) is 0 Å². The average molecular weight is 252 g/mol. The molecule has 0 aromatic rings. The van der Waals surface area contributed by atoms with Gasteiger partial charge in [-0.2, -0.15) is 11.8 Å². The predicted octanol–water partition coefficient (Wildman–Crippen LogP) is -0.0150. The number of carbonyl (C=O) groups excluding carboxylic acids is 2. The van der Waals surface area contributed by atoms with Crippen molar-refractivity contribution in [2.75, 3.05) is 5.75 Å². The SMILES string of the molecule is CCSC(C)CC=CCCC(C=O)C=O.[H-].[Na+]. The number of aldehydes is 2. The Labute approximate surface area is 126 Å². The van der Waals surface area contributed by atoms with E-state index >= 15 is 0 Å². The van der Waals surface area contributed by atoms with E-state index < -0.39 is 5.92 Å². The molecule has 1 unspecified atom stereocenters. The molecule has 4 heteroatoms. The second-order valence-corrected chi connectivity index (χ2v) is 5.20. The topological polar surface area (TPSA) is 34.1 Å². The first-order valence-corrected chi connectivity index (χ1v) is 6.46. The van der Waals surface area contributed by atoms with Crippen LogP contribution < -0.4 is 29.6 Å². The summed E-state index contributed by atoms with van der Waals surface area (Å²) < 4.78 is 0. The van der Waals surface area contributed by atoms with Crippen molar-refractivity contribution in [2.45, 2.75) is 38.4 Å². The van der Waals surface area contributed by atoms with E-state index in [2.05, 4.69) is 26.0 Å². The predicted molar refractivity (Wildman–Crippen MR) is 67.3 cm³/mol. The molecule has 0 radical (unpaired) electrons. The standard InChI is InChI=1S/C12H20O2S.Na.H/c1-3-15-11(2)7-5-4-6-8-12(9-13)10-14;;/h4-5,9-12H,3,6-8H2,1-2H3;;/q;+1;-1. The molecule has 88 valence electrons. The normalized spacial score (nSPS) is 12.4. The number of hydrogen-bond donors (Lipinski definition) is 0. The Kier molecular flexibility index (Phi) is 15.8. The Hall–Kier alpha value is 0.430. The maximum Gasteiger partial charge on any atom is 1.00 e. The number of carbonyl (C=O) groups is 2. The van der Waals surface area contributed by atoms with Crippen LogP contribution in [0.25, 0.3) is 0 Å². The molecule has 0 aliphatic carbocycles. The van der Waals surface area contributed by atoms with Crippen molar-refractivity contribution in [3.05, 3.63) is 12.2 Å². The first-order valence-electron chi connectivity index (χ1n) is 5.41. The van der Waals surface area contributed by atoms with Gasteiger partial charge in [-0.15, -0.1) is 0 Å². The molecule has 0 rings (SSSR count). The van der Waals surface area contributed by atoms with Crippen molar-refractivity contribution in [3.8, 4) is 0 Å². The van der Waals surface area contributed by atoms with E-state index in [4.69, 9.17) is 0 Å². The van der Waals surface area contributed by atoms with Crippen LogP contribution in [0.1, 0.15) is 34.5 Å². The molecule has 0 heterocycles. The molecule has 0 saturated heterocycles. The third kappa shape index (κ3) is 10.9. The van der Waals surface area contributed by atoms with Crippen LogP contribution in [-0.4, -0.2) is 23.6 Å². The minimum Gasteiger partial charge on any atom is -1.00 e. The molecule has 0 saturated carbocycles. The minimum atomic E-state index is -0.419. The van der Waals surface area contributed by atoms with Crippen LogP contribution >= 0.6 is 11.8 Å². The van der Waals surface area contributed by atoms with E-state index in [9.17, 15) is 9.59 Å². The Balaban J connectivity index is -0.000000980. The smallest absolute Gasteiger partial charge is 1.00 e. The molecule has 0 aliphatic heterocycles. The van der Waals surface area contributed by atoms with Gasteiger partial charge in [-0.3, -0.25) is 0 Å². The molecule has 0 N–H and O–H groups in total. The molecule has 2 nitrogen and oxygen atoms in total. The first-order chi connectivity index (χ1) is 7.24.